The molecule has 33 heavy (non-hydrogen) atoms. The molecule has 0 spiro atoms. The molecule has 1 aliphatic heterocycles. The minimum Gasteiger partial charge on any atom is -0.326 e. The summed E-state index contributed by atoms with van der Waals surface area (Å²) in [4.78, 5) is 28.1. The second kappa shape index (κ2) is 8.60. The Kier molecular flexibility index (Phi) is 6.35. The third kappa shape index (κ3) is 4.62. The lowest BCUT2D eigenvalue weighted by Crippen LogP contribution is -2.63. The minimum atomic E-state index is -5.38. The summed E-state index contributed by atoms with van der Waals surface area (Å²) in [5, 5.41) is 2.42. The standard InChI is InChI=1S/C21H21F3N4O4S/c1-13(2)28-18(15-7-5-4-6-8-15)26-20(19(28)30,21(22,23)24)27-33(31,32)17-11-9-16(10-12-17)25-14(3)29/h4-13,27H,1-3H3,(H,25,29). The first-order valence-electron chi connectivity index (χ1n) is 9.76. The van der Waals surface area contributed by atoms with Crippen LogP contribution in [0.2, 0.25) is 0 Å². The molecular weight excluding hydrogens is 461 g/mol. The van der Waals surface area contributed by atoms with Gasteiger partial charge in [-0.3, -0.25) is 14.5 Å². The molecule has 1 unspecified atom stereocenters. The van der Waals surface area contributed by atoms with Crippen LogP contribution in [0.1, 0.15) is 26.3 Å². The molecule has 176 valence electrons. The van der Waals surface area contributed by atoms with Gasteiger partial charge in [0.05, 0.1) is 4.90 Å². The quantitative estimate of drug-likeness (QED) is 0.660. The first-order valence-corrected chi connectivity index (χ1v) is 11.2. The number of benzene rings is 2. The summed E-state index contributed by atoms with van der Waals surface area (Å²) in [6, 6.07) is 11.4. The predicted molar refractivity (Wildman–Crippen MR) is 115 cm³/mol. The van der Waals surface area contributed by atoms with Crippen molar-refractivity contribution < 1.29 is 31.2 Å². The van der Waals surface area contributed by atoms with Crippen molar-refractivity contribution in [3.63, 3.8) is 0 Å². The second-order valence-corrected chi connectivity index (χ2v) is 9.27. The van der Waals surface area contributed by atoms with Crippen molar-refractivity contribution in [2.75, 3.05) is 5.32 Å². The molecule has 0 fully saturated rings. The number of rotatable bonds is 6. The van der Waals surface area contributed by atoms with Crippen LogP contribution < -0.4 is 10.0 Å². The lowest BCUT2D eigenvalue weighted by molar-refractivity contribution is -0.194. The highest BCUT2D eigenvalue weighted by Crippen LogP contribution is 2.40. The number of sulfonamides is 1. The van der Waals surface area contributed by atoms with E-state index in [0.717, 1.165) is 17.0 Å². The Morgan fingerprint density at radius 2 is 1.64 bits per heavy atom. The molecule has 2 N–H and O–H groups in total. The number of hydrogen-bond donors (Lipinski definition) is 2. The predicted octanol–water partition coefficient (Wildman–Crippen LogP) is 2.88. The average Bonchev–Trinajstić information content (AvgIpc) is 3.01. The van der Waals surface area contributed by atoms with Crippen LogP contribution in [0.15, 0.2) is 64.5 Å². The summed E-state index contributed by atoms with van der Waals surface area (Å²) in [5.41, 5.74) is -3.26. The number of carbonyl (C=O) groups is 2. The maximum atomic E-state index is 14.3. The molecule has 2 aromatic carbocycles. The Labute approximate surface area is 188 Å². The maximum absolute atomic E-state index is 14.3. The zero-order valence-electron chi connectivity index (χ0n) is 17.8. The Balaban J connectivity index is 2.10. The smallest absolute Gasteiger partial charge is 0.326 e. The van der Waals surface area contributed by atoms with Crippen LogP contribution >= 0.6 is 0 Å². The second-order valence-electron chi connectivity index (χ2n) is 7.59. The first kappa shape index (κ1) is 24.4. The summed E-state index contributed by atoms with van der Waals surface area (Å²) < 4.78 is 70.3. The van der Waals surface area contributed by atoms with Crippen molar-refractivity contribution in [3.8, 4) is 0 Å². The highest BCUT2D eigenvalue weighted by atomic mass is 32.2. The zero-order chi connectivity index (χ0) is 24.6. The first-order chi connectivity index (χ1) is 15.3. The maximum Gasteiger partial charge on any atom is 0.437 e. The van der Waals surface area contributed by atoms with Crippen molar-refractivity contribution in [1.29, 1.82) is 0 Å². The van der Waals surface area contributed by atoms with Crippen LogP contribution in [0.5, 0.6) is 0 Å². The Morgan fingerprint density at radius 3 is 2.12 bits per heavy atom. The van der Waals surface area contributed by atoms with E-state index in [0.29, 0.717) is 0 Å². The number of hydrogen-bond acceptors (Lipinski definition) is 5. The van der Waals surface area contributed by atoms with Gasteiger partial charge in [-0.2, -0.15) is 17.9 Å². The Hall–Kier alpha value is -3.25. The summed E-state index contributed by atoms with van der Waals surface area (Å²) in [7, 11) is -4.86. The number of anilines is 1. The minimum absolute atomic E-state index is 0.226. The van der Waals surface area contributed by atoms with E-state index < -0.39 is 44.6 Å². The van der Waals surface area contributed by atoms with Gasteiger partial charge >= 0.3 is 11.8 Å². The van der Waals surface area contributed by atoms with Gasteiger partial charge in [-0.05, 0) is 38.1 Å². The van der Waals surface area contributed by atoms with Crippen LogP contribution in [-0.4, -0.2) is 48.8 Å². The van der Waals surface area contributed by atoms with Crippen molar-refractivity contribution in [2.45, 2.75) is 43.5 Å². The van der Waals surface area contributed by atoms with Gasteiger partial charge < -0.3 is 5.32 Å². The van der Waals surface area contributed by atoms with Crippen LogP contribution in [0.25, 0.3) is 0 Å². The number of amidine groups is 1. The van der Waals surface area contributed by atoms with Crippen molar-refractivity contribution in [1.82, 2.24) is 9.62 Å². The fourth-order valence-electron chi connectivity index (χ4n) is 3.28. The molecule has 0 saturated carbocycles. The van der Waals surface area contributed by atoms with Crippen LogP contribution in [0.3, 0.4) is 0 Å². The molecule has 1 aliphatic rings. The highest BCUT2D eigenvalue weighted by molar-refractivity contribution is 7.89. The summed E-state index contributed by atoms with van der Waals surface area (Å²) in [6.07, 6.45) is -5.38. The Bertz CT molecular complexity index is 1200. The fraction of sp³-hybridized carbons (Fsp3) is 0.286. The molecule has 0 aliphatic carbocycles. The van der Waals surface area contributed by atoms with E-state index in [2.05, 4.69) is 10.3 Å². The van der Waals surface area contributed by atoms with Gasteiger partial charge in [0.1, 0.15) is 5.84 Å². The number of amides is 2. The average molecular weight is 482 g/mol. The van der Waals surface area contributed by atoms with E-state index >= 15 is 0 Å². The van der Waals surface area contributed by atoms with E-state index in [4.69, 9.17) is 0 Å². The molecule has 2 aromatic rings. The van der Waals surface area contributed by atoms with E-state index in [9.17, 15) is 31.2 Å². The van der Waals surface area contributed by atoms with Crippen molar-refractivity contribution >= 4 is 33.4 Å². The lowest BCUT2D eigenvalue weighted by Gasteiger charge is -2.30. The molecule has 12 heteroatoms. The summed E-state index contributed by atoms with van der Waals surface area (Å²) in [6.45, 7) is 4.24. The molecule has 0 aromatic heterocycles. The van der Waals surface area contributed by atoms with Crippen LogP contribution in [-0.2, 0) is 19.6 Å². The monoisotopic (exact) mass is 482 g/mol. The molecule has 8 nitrogen and oxygen atoms in total. The van der Waals surface area contributed by atoms with Gasteiger partial charge in [0, 0.05) is 24.2 Å². The van der Waals surface area contributed by atoms with Crippen molar-refractivity contribution in [3.05, 3.63) is 60.2 Å². The van der Waals surface area contributed by atoms with E-state index in [1.165, 1.54) is 49.8 Å². The van der Waals surface area contributed by atoms with Gasteiger partial charge in [-0.15, -0.1) is 0 Å². The third-order valence-electron chi connectivity index (χ3n) is 4.76. The number of aliphatic imine (C=N–C) groups is 1. The lowest BCUT2D eigenvalue weighted by atomic mass is 10.1. The molecular formula is C21H21F3N4O4S. The molecule has 0 radical (unpaired) electrons. The van der Waals surface area contributed by atoms with Gasteiger partial charge in [0.15, 0.2) is 0 Å². The van der Waals surface area contributed by atoms with E-state index in [-0.39, 0.29) is 17.1 Å². The topological polar surface area (TPSA) is 108 Å². The molecule has 0 bridgehead atoms. The van der Waals surface area contributed by atoms with Gasteiger partial charge in [-0.1, -0.05) is 30.3 Å². The molecule has 2 amide bonds. The SMILES string of the molecule is CC(=O)Nc1ccc(S(=O)(=O)NC2(C(F)(F)F)N=C(c3ccccc3)N(C(C)C)C2=O)cc1. The van der Waals surface area contributed by atoms with E-state index in [1.54, 1.807) is 18.2 Å². The van der Waals surface area contributed by atoms with Gasteiger partial charge in [0.25, 0.3) is 5.91 Å². The fourth-order valence-corrected chi connectivity index (χ4v) is 4.53. The normalized spacial score (nSPS) is 19.1. The van der Waals surface area contributed by atoms with Gasteiger partial charge in [-0.25, -0.2) is 13.4 Å². The molecule has 3 rings (SSSR count). The third-order valence-corrected chi connectivity index (χ3v) is 6.21. The van der Waals surface area contributed by atoms with E-state index in [1.807, 2.05) is 0 Å². The van der Waals surface area contributed by atoms with Crippen LogP contribution in [0, 0.1) is 0 Å². The molecule has 1 atom stereocenters. The summed E-state index contributed by atoms with van der Waals surface area (Å²) in [5.74, 6) is -2.26. The largest absolute Gasteiger partial charge is 0.437 e. The zero-order valence-corrected chi connectivity index (χ0v) is 18.7. The van der Waals surface area contributed by atoms with Crippen molar-refractivity contribution in [2.24, 2.45) is 4.99 Å². The number of carbonyl (C=O) groups excluding carboxylic acids is 2. The number of halogens is 3. The molecule has 0 saturated heterocycles. The van der Waals surface area contributed by atoms with Gasteiger partial charge in [0.2, 0.25) is 15.9 Å². The van der Waals surface area contributed by atoms with Crippen LogP contribution in [0.4, 0.5) is 18.9 Å². The number of nitrogens with zero attached hydrogens (tertiary/aromatic N) is 2. The Morgan fingerprint density at radius 1 is 1.06 bits per heavy atom. The highest BCUT2D eigenvalue weighted by Gasteiger charge is 2.68. The molecule has 1 heterocycles. The number of nitrogens with one attached hydrogen (secondary N) is 2. The summed E-state index contributed by atoms with van der Waals surface area (Å²) >= 11 is 0. The number of alkyl halides is 3.